The molecule has 0 aromatic rings. The highest BCUT2D eigenvalue weighted by Gasteiger charge is 2.41. The molecule has 174 valence electrons. The van der Waals surface area contributed by atoms with E-state index < -0.39 is 30.3 Å². The zero-order chi connectivity index (χ0) is 22.6. The van der Waals surface area contributed by atoms with Crippen LogP contribution in [0.25, 0.3) is 0 Å². The van der Waals surface area contributed by atoms with Crippen LogP contribution in [0.3, 0.4) is 0 Å². The van der Waals surface area contributed by atoms with E-state index in [4.69, 9.17) is 0 Å². The SMILES string of the molecule is CCCCC[C@@H](C)C=C[C@H]1CCC[C@@H]1CCCCC(O)C(O)(O)C(=O)COC(C)=O. The number of aliphatic hydroxyl groups excluding tert-OH is 1. The molecule has 3 N–H and O–H groups in total. The van der Waals surface area contributed by atoms with Gasteiger partial charge in [-0.2, -0.15) is 0 Å². The zero-order valence-electron chi connectivity index (χ0n) is 19.0. The van der Waals surface area contributed by atoms with Crippen LogP contribution in [-0.2, 0) is 14.3 Å². The summed E-state index contributed by atoms with van der Waals surface area (Å²) in [4.78, 5) is 22.5. The van der Waals surface area contributed by atoms with E-state index in [1.165, 1.54) is 44.9 Å². The number of allylic oxidation sites excluding steroid dienone is 2. The normalized spacial score (nSPS) is 21.7. The van der Waals surface area contributed by atoms with Gasteiger partial charge in [0.05, 0.1) is 0 Å². The molecule has 1 aliphatic rings. The van der Waals surface area contributed by atoms with Crippen LogP contribution in [0.15, 0.2) is 12.2 Å². The highest BCUT2D eigenvalue weighted by atomic mass is 16.6. The van der Waals surface area contributed by atoms with Gasteiger partial charge in [-0.25, -0.2) is 0 Å². The minimum absolute atomic E-state index is 0.112. The molecule has 0 bridgehead atoms. The van der Waals surface area contributed by atoms with Gasteiger partial charge in [0, 0.05) is 6.92 Å². The summed E-state index contributed by atoms with van der Waals surface area (Å²) in [5, 5.41) is 29.8. The Balaban J connectivity index is 2.34. The average Bonchev–Trinajstić information content (AvgIpc) is 3.14. The quantitative estimate of drug-likeness (QED) is 0.159. The molecular weight excluding hydrogens is 384 g/mol. The van der Waals surface area contributed by atoms with Crippen molar-refractivity contribution in [3.8, 4) is 0 Å². The second kappa shape index (κ2) is 13.9. The van der Waals surface area contributed by atoms with Gasteiger partial charge in [0.2, 0.25) is 5.78 Å². The number of unbranched alkanes of at least 4 members (excludes halogenated alkanes) is 3. The van der Waals surface area contributed by atoms with Crippen LogP contribution in [0.2, 0.25) is 0 Å². The van der Waals surface area contributed by atoms with Crippen LogP contribution in [0.4, 0.5) is 0 Å². The number of ketones is 1. The molecule has 1 fully saturated rings. The Morgan fingerprint density at radius 2 is 1.83 bits per heavy atom. The summed E-state index contributed by atoms with van der Waals surface area (Å²) in [6.07, 6.45) is 14.6. The molecule has 6 heteroatoms. The van der Waals surface area contributed by atoms with Crippen LogP contribution in [0.1, 0.15) is 91.4 Å². The van der Waals surface area contributed by atoms with Gasteiger partial charge < -0.3 is 20.1 Å². The van der Waals surface area contributed by atoms with Gasteiger partial charge >= 0.3 is 5.97 Å². The van der Waals surface area contributed by atoms with Gasteiger partial charge in [-0.3, -0.25) is 9.59 Å². The lowest BCUT2D eigenvalue weighted by atomic mass is 9.88. The summed E-state index contributed by atoms with van der Waals surface area (Å²) in [5.74, 6) is -2.81. The Morgan fingerprint density at radius 1 is 1.13 bits per heavy atom. The van der Waals surface area contributed by atoms with Gasteiger partial charge in [0.25, 0.3) is 5.79 Å². The highest BCUT2D eigenvalue weighted by Crippen LogP contribution is 2.36. The minimum atomic E-state index is -2.89. The number of ether oxygens (including phenoxy) is 1. The molecule has 0 aromatic carbocycles. The first-order valence-corrected chi connectivity index (χ1v) is 11.7. The van der Waals surface area contributed by atoms with Gasteiger partial charge in [-0.1, -0.05) is 64.5 Å². The number of Topliss-reactive ketones (excluding diaryl/α,β-unsaturated/α-hetero) is 1. The Labute approximate surface area is 181 Å². The fourth-order valence-electron chi connectivity index (χ4n) is 4.23. The summed E-state index contributed by atoms with van der Waals surface area (Å²) in [6.45, 7) is 4.88. The lowest BCUT2D eigenvalue weighted by molar-refractivity contribution is -0.223. The number of esters is 1. The number of carbonyl (C=O) groups is 2. The monoisotopic (exact) mass is 426 g/mol. The van der Waals surface area contributed by atoms with Crippen LogP contribution in [0, 0.1) is 17.8 Å². The minimum Gasteiger partial charge on any atom is -0.458 e. The van der Waals surface area contributed by atoms with Crippen LogP contribution in [0.5, 0.6) is 0 Å². The maximum atomic E-state index is 11.8. The molecule has 0 saturated heterocycles. The van der Waals surface area contributed by atoms with Crippen molar-refractivity contribution in [3.05, 3.63) is 12.2 Å². The number of hydrogen-bond acceptors (Lipinski definition) is 6. The van der Waals surface area contributed by atoms with Gasteiger partial charge in [-0.05, 0) is 49.9 Å². The Kier molecular flexibility index (Phi) is 12.5. The molecule has 0 radical (unpaired) electrons. The van der Waals surface area contributed by atoms with Crippen molar-refractivity contribution in [2.45, 2.75) is 103 Å². The fourth-order valence-corrected chi connectivity index (χ4v) is 4.23. The molecule has 0 spiro atoms. The van der Waals surface area contributed by atoms with Crippen molar-refractivity contribution < 1.29 is 29.6 Å². The molecule has 6 nitrogen and oxygen atoms in total. The van der Waals surface area contributed by atoms with Gasteiger partial charge in [-0.15, -0.1) is 0 Å². The first-order chi connectivity index (χ1) is 14.2. The fraction of sp³-hybridized carbons (Fsp3) is 0.833. The molecule has 30 heavy (non-hydrogen) atoms. The van der Waals surface area contributed by atoms with Crippen molar-refractivity contribution in [2.75, 3.05) is 6.61 Å². The van der Waals surface area contributed by atoms with Crippen LogP contribution >= 0.6 is 0 Å². The number of rotatable bonds is 15. The maximum Gasteiger partial charge on any atom is 0.303 e. The Morgan fingerprint density at radius 3 is 2.50 bits per heavy atom. The van der Waals surface area contributed by atoms with E-state index in [2.05, 4.69) is 30.7 Å². The van der Waals surface area contributed by atoms with E-state index in [0.29, 0.717) is 24.2 Å². The maximum absolute atomic E-state index is 11.8. The molecule has 0 heterocycles. The Bertz CT molecular complexity index is 542. The average molecular weight is 427 g/mol. The predicted molar refractivity (Wildman–Crippen MR) is 117 cm³/mol. The van der Waals surface area contributed by atoms with Crippen LogP contribution < -0.4 is 0 Å². The molecule has 1 unspecified atom stereocenters. The molecule has 1 rings (SSSR count). The van der Waals surface area contributed by atoms with Crippen LogP contribution in [-0.4, -0.2) is 45.6 Å². The largest absolute Gasteiger partial charge is 0.458 e. The second-order valence-corrected chi connectivity index (χ2v) is 8.94. The number of aliphatic hydroxyl groups is 3. The molecular formula is C24H42O6. The lowest BCUT2D eigenvalue weighted by Crippen LogP contribution is -2.51. The van der Waals surface area contributed by atoms with Crippen molar-refractivity contribution in [1.82, 2.24) is 0 Å². The van der Waals surface area contributed by atoms with E-state index in [9.17, 15) is 24.9 Å². The molecule has 0 aliphatic heterocycles. The Hall–Kier alpha value is -1.24. The van der Waals surface area contributed by atoms with Crippen molar-refractivity contribution in [2.24, 2.45) is 17.8 Å². The second-order valence-electron chi connectivity index (χ2n) is 8.94. The number of carbonyl (C=O) groups excluding carboxylic acids is 2. The third-order valence-electron chi connectivity index (χ3n) is 6.25. The smallest absolute Gasteiger partial charge is 0.303 e. The molecule has 1 aliphatic carbocycles. The lowest BCUT2D eigenvalue weighted by Gasteiger charge is -2.26. The topological polar surface area (TPSA) is 104 Å². The molecule has 0 amide bonds. The van der Waals surface area contributed by atoms with Gasteiger partial charge in [0.1, 0.15) is 6.10 Å². The standard InChI is InChI=1S/C24H42O6/c1-4-5-6-10-18(2)15-16-21-13-9-12-20(21)11-7-8-14-22(26)24(28,29)23(27)17-30-19(3)25/h15-16,18,20-22,26,28-29H,4-14,17H2,1-3H3/t18-,20+,21-,22?/m1/s1. The van der Waals surface area contributed by atoms with Crippen molar-refractivity contribution >= 4 is 11.8 Å². The highest BCUT2D eigenvalue weighted by molar-refractivity contribution is 5.88. The summed E-state index contributed by atoms with van der Waals surface area (Å²) in [6, 6.07) is 0. The third-order valence-corrected chi connectivity index (χ3v) is 6.25. The molecule has 0 aromatic heterocycles. The van der Waals surface area contributed by atoms with Crippen molar-refractivity contribution in [1.29, 1.82) is 0 Å². The summed E-state index contributed by atoms with van der Waals surface area (Å²) in [5.41, 5.74) is 0. The van der Waals surface area contributed by atoms with Crippen molar-refractivity contribution in [3.63, 3.8) is 0 Å². The first kappa shape index (κ1) is 26.8. The molecule has 4 atom stereocenters. The van der Waals surface area contributed by atoms with E-state index in [1.54, 1.807) is 0 Å². The predicted octanol–water partition coefficient (Wildman–Crippen LogP) is 3.91. The number of hydrogen-bond donors (Lipinski definition) is 3. The van der Waals surface area contributed by atoms with Gasteiger partial charge in [0.15, 0.2) is 6.61 Å². The van der Waals surface area contributed by atoms with E-state index in [-0.39, 0.29) is 6.42 Å². The zero-order valence-corrected chi connectivity index (χ0v) is 19.0. The summed E-state index contributed by atoms with van der Waals surface area (Å²) < 4.78 is 4.49. The molecule has 1 saturated carbocycles. The summed E-state index contributed by atoms with van der Waals surface area (Å²) >= 11 is 0. The van der Waals surface area contributed by atoms with E-state index in [1.807, 2.05) is 0 Å². The van der Waals surface area contributed by atoms with E-state index >= 15 is 0 Å². The van der Waals surface area contributed by atoms with E-state index in [0.717, 1.165) is 19.8 Å². The first-order valence-electron chi connectivity index (χ1n) is 11.7. The summed E-state index contributed by atoms with van der Waals surface area (Å²) in [7, 11) is 0. The third kappa shape index (κ3) is 9.71.